The van der Waals surface area contributed by atoms with Gasteiger partial charge in [-0.1, -0.05) is 18.2 Å². The lowest BCUT2D eigenvalue weighted by Crippen LogP contribution is -1.60. The molecule has 0 saturated carbocycles. The molecule has 1 aromatic rings. The second-order valence-electron chi connectivity index (χ2n) is 3.09. The summed E-state index contributed by atoms with van der Waals surface area (Å²) in [5, 5.41) is 8.63. The molecule has 5 heteroatoms. The van der Waals surface area contributed by atoms with Crippen LogP contribution in [0.5, 0.6) is 5.75 Å². The average Bonchev–Trinajstić information content (AvgIpc) is 3.18. The highest BCUT2D eigenvalue weighted by atomic mass is 16.6. The van der Waals surface area contributed by atoms with Gasteiger partial charge in [-0.2, -0.15) is 0 Å². The fourth-order valence-corrected chi connectivity index (χ4v) is 0.524. The van der Waals surface area contributed by atoms with E-state index in [9.17, 15) is 0 Å². The maximum absolute atomic E-state index is 8.63. The predicted molar refractivity (Wildman–Crippen MR) is 66.5 cm³/mol. The number of ether oxygens (including phenoxy) is 2. The molecule has 0 aromatic heterocycles. The SMILES string of the molecule is C1CO1.C=O.CC1CO1.N.Oc1ccccc1. The van der Waals surface area contributed by atoms with Gasteiger partial charge in [-0.25, -0.2) is 0 Å². The Morgan fingerprint density at radius 1 is 1.24 bits per heavy atom. The Morgan fingerprint density at radius 3 is 1.71 bits per heavy atom. The molecule has 98 valence electrons. The number of aromatic hydroxyl groups is 1. The summed E-state index contributed by atoms with van der Waals surface area (Å²) in [6.45, 7) is 7.04. The van der Waals surface area contributed by atoms with Gasteiger partial charge in [-0.05, 0) is 19.1 Å². The molecule has 0 radical (unpaired) electrons. The average molecular weight is 243 g/mol. The highest BCUT2D eigenvalue weighted by Crippen LogP contribution is 2.04. The number of para-hydroxylation sites is 1. The van der Waals surface area contributed by atoms with E-state index in [1.54, 1.807) is 24.3 Å². The molecule has 0 aliphatic carbocycles. The second kappa shape index (κ2) is 12.6. The van der Waals surface area contributed by atoms with Crippen molar-refractivity contribution in [2.24, 2.45) is 0 Å². The summed E-state index contributed by atoms with van der Waals surface area (Å²) >= 11 is 0. The summed E-state index contributed by atoms with van der Waals surface area (Å²) in [7, 11) is 0. The van der Waals surface area contributed by atoms with Gasteiger partial charge < -0.3 is 25.5 Å². The first-order chi connectivity index (χ1) is 7.79. The zero-order valence-corrected chi connectivity index (χ0v) is 10.2. The third-order valence-corrected chi connectivity index (χ3v) is 1.46. The lowest BCUT2D eigenvalue weighted by Gasteiger charge is -1.82. The Bertz CT molecular complexity index is 247. The maximum atomic E-state index is 8.63. The van der Waals surface area contributed by atoms with Crippen molar-refractivity contribution in [3.8, 4) is 5.75 Å². The molecule has 4 N–H and O–H groups in total. The molecule has 3 rings (SSSR count). The molecule has 5 nitrogen and oxygen atoms in total. The minimum absolute atomic E-state index is 0. The van der Waals surface area contributed by atoms with E-state index in [-0.39, 0.29) is 6.15 Å². The number of epoxide rings is 2. The van der Waals surface area contributed by atoms with Crippen molar-refractivity contribution < 1.29 is 19.4 Å². The van der Waals surface area contributed by atoms with Gasteiger partial charge in [0.05, 0.1) is 25.9 Å². The lowest BCUT2D eigenvalue weighted by molar-refractivity contribution is -0.0979. The van der Waals surface area contributed by atoms with Crippen LogP contribution in [0.4, 0.5) is 0 Å². The first kappa shape index (κ1) is 17.9. The van der Waals surface area contributed by atoms with Crippen molar-refractivity contribution in [3.05, 3.63) is 30.3 Å². The number of carbonyl (C=O) groups is 1. The van der Waals surface area contributed by atoms with Crippen molar-refractivity contribution in [2.45, 2.75) is 13.0 Å². The minimum atomic E-state index is 0. The van der Waals surface area contributed by atoms with Gasteiger partial charge in [-0.3, -0.25) is 0 Å². The Morgan fingerprint density at radius 2 is 1.59 bits per heavy atom. The monoisotopic (exact) mass is 243 g/mol. The first-order valence-corrected chi connectivity index (χ1v) is 5.01. The molecular formula is C12H21NO4. The molecule has 2 aliphatic rings. The molecule has 1 atom stereocenters. The fourth-order valence-electron chi connectivity index (χ4n) is 0.524. The van der Waals surface area contributed by atoms with Crippen molar-refractivity contribution in [3.63, 3.8) is 0 Å². The van der Waals surface area contributed by atoms with Gasteiger partial charge in [0.25, 0.3) is 0 Å². The normalized spacial score (nSPS) is 17.4. The van der Waals surface area contributed by atoms with Crippen LogP contribution >= 0.6 is 0 Å². The van der Waals surface area contributed by atoms with Gasteiger partial charge in [0, 0.05) is 0 Å². The minimum Gasteiger partial charge on any atom is -0.508 e. The van der Waals surface area contributed by atoms with E-state index in [0.29, 0.717) is 11.9 Å². The molecule has 1 unspecified atom stereocenters. The van der Waals surface area contributed by atoms with E-state index in [1.807, 2.05) is 12.9 Å². The molecule has 2 aliphatic heterocycles. The number of carbonyl (C=O) groups excluding carboxylic acids is 1. The Kier molecular flexibility index (Phi) is 13.3. The number of rotatable bonds is 0. The number of hydrogen-bond donors (Lipinski definition) is 2. The highest BCUT2D eigenvalue weighted by molar-refractivity contribution is 5.18. The van der Waals surface area contributed by atoms with E-state index in [2.05, 4.69) is 11.7 Å². The number of benzene rings is 1. The Labute approximate surface area is 102 Å². The quantitative estimate of drug-likeness (QED) is 0.677. The third kappa shape index (κ3) is 20.6. The van der Waals surface area contributed by atoms with E-state index < -0.39 is 0 Å². The van der Waals surface area contributed by atoms with Crippen LogP contribution in [-0.2, 0) is 14.3 Å². The van der Waals surface area contributed by atoms with E-state index in [0.717, 1.165) is 19.8 Å². The standard InChI is InChI=1S/C6H6O.C3H6O.C2H4O.CH2O.H3N/c7-6-4-2-1-3-5-6;1-3-2-4-3;1-2-3-1;1-2;/h1-5,7H;3H,2H2,1H3;1-2H2;1H2;1H3. The van der Waals surface area contributed by atoms with Crippen LogP contribution in [0.25, 0.3) is 0 Å². The molecule has 0 bridgehead atoms. The maximum Gasteiger partial charge on any atom is 0.115 e. The van der Waals surface area contributed by atoms with Gasteiger partial charge in [0.15, 0.2) is 0 Å². The molecular weight excluding hydrogens is 222 g/mol. The van der Waals surface area contributed by atoms with Crippen molar-refractivity contribution in [1.29, 1.82) is 0 Å². The summed E-state index contributed by atoms with van der Waals surface area (Å²) in [4.78, 5) is 8.00. The van der Waals surface area contributed by atoms with Gasteiger partial charge in [-0.15, -0.1) is 0 Å². The van der Waals surface area contributed by atoms with Crippen LogP contribution < -0.4 is 6.15 Å². The summed E-state index contributed by atoms with van der Waals surface area (Å²) in [6, 6.07) is 8.71. The van der Waals surface area contributed by atoms with Crippen LogP contribution in [0.15, 0.2) is 30.3 Å². The van der Waals surface area contributed by atoms with Crippen LogP contribution in [-0.4, -0.2) is 37.8 Å². The van der Waals surface area contributed by atoms with Crippen molar-refractivity contribution in [2.75, 3.05) is 19.8 Å². The number of hydrogen-bond acceptors (Lipinski definition) is 5. The highest BCUT2D eigenvalue weighted by Gasteiger charge is 2.13. The van der Waals surface area contributed by atoms with Crippen LogP contribution in [0.3, 0.4) is 0 Å². The topological polar surface area (TPSA) is 97.4 Å². The molecule has 0 spiro atoms. The summed E-state index contributed by atoms with van der Waals surface area (Å²) in [6.07, 6.45) is 0.583. The summed E-state index contributed by atoms with van der Waals surface area (Å²) in [5.74, 6) is 0.322. The Hall–Kier alpha value is -1.43. The third-order valence-electron chi connectivity index (χ3n) is 1.46. The van der Waals surface area contributed by atoms with Crippen LogP contribution in [0.1, 0.15) is 6.92 Å². The summed E-state index contributed by atoms with van der Waals surface area (Å²) in [5.41, 5.74) is 0. The molecule has 0 amide bonds. The second-order valence-corrected chi connectivity index (χ2v) is 3.09. The lowest BCUT2D eigenvalue weighted by atomic mass is 10.3. The van der Waals surface area contributed by atoms with Gasteiger partial charge >= 0.3 is 0 Å². The van der Waals surface area contributed by atoms with Gasteiger partial charge in [0.1, 0.15) is 12.5 Å². The number of phenols is 1. The van der Waals surface area contributed by atoms with Crippen molar-refractivity contribution in [1.82, 2.24) is 6.15 Å². The van der Waals surface area contributed by atoms with E-state index in [4.69, 9.17) is 14.6 Å². The smallest absolute Gasteiger partial charge is 0.115 e. The molecule has 1 aromatic carbocycles. The van der Waals surface area contributed by atoms with Crippen LogP contribution in [0, 0.1) is 0 Å². The first-order valence-electron chi connectivity index (χ1n) is 5.01. The number of phenolic OH excluding ortho intramolecular Hbond substituents is 1. The van der Waals surface area contributed by atoms with E-state index in [1.165, 1.54) is 0 Å². The van der Waals surface area contributed by atoms with E-state index >= 15 is 0 Å². The predicted octanol–water partition coefficient (Wildman–Crippen LogP) is 1.79. The molecule has 2 fully saturated rings. The Balaban J connectivity index is 0. The molecule has 17 heavy (non-hydrogen) atoms. The molecule has 2 saturated heterocycles. The zero-order valence-electron chi connectivity index (χ0n) is 10.2. The van der Waals surface area contributed by atoms with Gasteiger partial charge in [0.2, 0.25) is 0 Å². The fraction of sp³-hybridized carbons (Fsp3) is 0.417. The summed E-state index contributed by atoms with van der Waals surface area (Å²) < 4.78 is 9.21. The zero-order chi connectivity index (χ0) is 12.2. The largest absolute Gasteiger partial charge is 0.508 e. The van der Waals surface area contributed by atoms with Crippen molar-refractivity contribution >= 4 is 6.79 Å². The van der Waals surface area contributed by atoms with Crippen LogP contribution in [0.2, 0.25) is 0 Å². The molecule has 2 heterocycles.